The molecule has 1 amide bonds. The Kier molecular flexibility index (Phi) is 6.31. The van der Waals surface area contributed by atoms with Crippen LogP contribution in [0.1, 0.15) is 11.1 Å². The molecule has 1 N–H and O–H groups in total. The average molecular weight is 362 g/mol. The molecule has 0 bridgehead atoms. The van der Waals surface area contributed by atoms with Crippen molar-refractivity contribution in [2.24, 2.45) is 0 Å². The molecule has 0 spiro atoms. The van der Waals surface area contributed by atoms with Crippen LogP contribution in [0.3, 0.4) is 0 Å². The van der Waals surface area contributed by atoms with Gasteiger partial charge in [0.25, 0.3) is 0 Å². The van der Waals surface area contributed by atoms with Crippen molar-refractivity contribution in [3.8, 4) is 17.2 Å². The highest BCUT2D eigenvalue weighted by molar-refractivity contribution is 6.31. The van der Waals surface area contributed by atoms with E-state index in [9.17, 15) is 4.79 Å². The van der Waals surface area contributed by atoms with Gasteiger partial charge in [0.1, 0.15) is 0 Å². The number of rotatable bonds is 6. The predicted molar refractivity (Wildman–Crippen MR) is 100.0 cm³/mol. The fourth-order valence-electron chi connectivity index (χ4n) is 2.22. The third-order valence-corrected chi connectivity index (χ3v) is 3.96. The van der Waals surface area contributed by atoms with Crippen molar-refractivity contribution in [3.63, 3.8) is 0 Å². The molecular formula is C19H20ClNO4. The van der Waals surface area contributed by atoms with Crippen LogP contribution in [0.2, 0.25) is 5.02 Å². The van der Waals surface area contributed by atoms with Gasteiger partial charge in [0, 0.05) is 28.9 Å². The largest absolute Gasteiger partial charge is 0.493 e. The maximum Gasteiger partial charge on any atom is 0.248 e. The van der Waals surface area contributed by atoms with E-state index in [-0.39, 0.29) is 5.91 Å². The molecule has 0 aliphatic rings. The zero-order valence-electron chi connectivity index (χ0n) is 14.6. The second kappa shape index (κ2) is 8.44. The number of hydrogen-bond acceptors (Lipinski definition) is 4. The molecule has 0 aliphatic carbocycles. The molecule has 0 aliphatic heterocycles. The van der Waals surface area contributed by atoms with E-state index in [0.29, 0.717) is 28.0 Å². The zero-order valence-corrected chi connectivity index (χ0v) is 15.3. The minimum atomic E-state index is -0.286. The number of nitrogens with one attached hydrogen (secondary N) is 1. The number of halogens is 1. The first-order chi connectivity index (χ1) is 12.0. The van der Waals surface area contributed by atoms with E-state index in [1.807, 2.05) is 19.1 Å². The Morgan fingerprint density at radius 2 is 1.68 bits per heavy atom. The van der Waals surface area contributed by atoms with E-state index in [1.165, 1.54) is 27.4 Å². The molecule has 132 valence electrons. The number of carbonyl (C=O) groups is 1. The third-order valence-electron chi connectivity index (χ3n) is 3.56. The van der Waals surface area contributed by atoms with E-state index < -0.39 is 0 Å². The summed E-state index contributed by atoms with van der Waals surface area (Å²) in [5, 5.41) is 3.42. The number of amides is 1. The van der Waals surface area contributed by atoms with Crippen LogP contribution in [-0.2, 0) is 4.79 Å². The molecule has 0 unspecified atom stereocenters. The lowest BCUT2D eigenvalue weighted by molar-refractivity contribution is -0.111. The second-order valence-electron chi connectivity index (χ2n) is 5.25. The maximum atomic E-state index is 12.1. The second-order valence-corrected chi connectivity index (χ2v) is 5.65. The fourth-order valence-corrected chi connectivity index (χ4v) is 2.41. The van der Waals surface area contributed by atoms with Gasteiger partial charge in [-0.05, 0) is 30.2 Å². The number of benzene rings is 2. The van der Waals surface area contributed by atoms with Crippen LogP contribution in [0.25, 0.3) is 6.08 Å². The molecule has 0 heterocycles. The Morgan fingerprint density at radius 3 is 2.20 bits per heavy atom. The first-order valence-corrected chi connectivity index (χ1v) is 7.91. The summed E-state index contributed by atoms with van der Waals surface area (Å²) in [5.74, 6) is 1.11. The molecular weight excluding hydrogens is 342 g/mol. The molecule has 0 radical (unpaired) electrons. The first kappa shape index (κ1) is 18.7. The summed E-state index contributed by atoms with van der Waals surface area (Å²) in [5.41, 5.74) is 2.36. The van der Waals surface area contributed by atoms with E-state index in [1.54, 1.807) is 24.3 Å². The maximum absolute atomic E-state index is 12.1. The minimum Gasteiger partial charge on any atom is -0.493 e. The summed E-state index contributed by atoms with van der Waals surface area (Å²) in [4.78, 5) is 12.1. The summed E-state index contributed by atoms with van der Waals surface area (Å²) in [6, 6.07) is 8.93. The Balaban J connectivity index is 2.17. The predicted octanol–water partition coefficient (Wildman–Crippen LogP) is 4.33. The van der Waals surface area contributed by atoms with Gasteiger partial charge in [-0.15, -0.1) is 0 Å². The number of hydrogen-bond donors (Lipinski definition) is 1. The van der Waals surface area contributed by atoms with Crippen LogP contribution in [0.5, 0.6) is 17.2 Å². The number of carbonyl (C=O) groups excluding carboxylic acids is 1. The highest BCUT2D eigenvalue weighted by atomic mass is 35.5. The fraction of sp³-hybridized carbons (Fsp3) is 0.211. The summed E-state index contributed by atoms with van der Waals surface area (Å²) >= 11 is 6.08. The molecule has 0 atom stereocenters. The normalized spacial score (nSPS) is 10.6. The van der Waals surface area contributed by atoms with Crippen LogP contribution in [0.15, 0.2) is 36.4 Å². The average Bonchev–Trinajstić information content (AvgIpc) is 2.61. The highest BCUT2D eigenvalue weighted by Crippen LogP contribution is 2.39. The smallest absolute Gasteiger partial charge is 0.248 e. The van der Waals surface area contributed by atoms with Gasteiger partial charge in [0.2, 0.25) is 11.7 Å². The quantitative estimate of drug-likeness (QED) is 0.778. The van der Waals surface area contributed by atoms with Crippen molar-refractivity contribution < 1.29 is 19.0 Å². The Labute approximate surface area is 152 Å². The SMILES string of the molecule is COc1cc(NC(=O)/C=C/c2ccc(C)c(Cl)c2)cc(OC)c1OC. The van der Waals surface area contributed by atoms with E-state index >= 15 is 0 Å². The van der Waals surface area contributed by atoms with Gasteiger partial charge in [0.15, 0.2) is 11.5 Å². The summed E-state index contributed by atoms with van der Waals surface area (Å²) < 4.78 is 15.8. The van der Waals surface area contributed by atoms with Crippen LogP contribution in [0.4, 0.5) is 5.69 Å². The van der Waals surface area contributed by atoms with Gasteiger partial charge in [-0.2, -0.15) is 0 Å². The topological polar surface area (TPSA) is 56.8 Å². The monoisotopic (exact) mass is 361 g/mol. The molecule has 0 saturated heterocycles. The molecule has 2 aromatic carbocycles. The summed E-state index contributed by atoms with van der Waals surface area (Å²) in [6.07, 6.45) is 3.13. The molecule has 2 aromatic rings. The van der Waals surface area contributed by atoms with Crippen molar-refractivity contribution >= 4 is 29.3 Å². The zero-order chi connectivity index (χ0) is 18.4. The minimum absolute atomic E-state index is 0.286. The molecule has 5 nitrogen and oxygen atoms in total. The van der Waals surface area contributed by atoms with E-state index in [2.05, 4.69) is 5.32 Å². The number of methoxy groups -OCH3 is 3. The highest BCUT2D eigenvalue weighted by Gasteiger charge is 2.13. The van der Waals surface area contributed by atoms with Gasteiger partial charge in [-0.25, -0.2) is 0 Å². The lowest BCUT2D eigenvalue weighted by atomic mass is 10.1. The van der Waals surface area contributed by atoms with Crippen LogP contribution in [-0.4, -0.2) is 27.2 Å². The number of aryl methyl sites for hydroxylation is 1. The number of anilines is 1. The van der Waals surface area contributed by atoms with Gasteiger partial charge in [-0.3, -0.25) is 4.79 Å². The van der Waals surface area contributed by atoms with Gasteiger partial charge < -0.3 is 19.5 Å². The van der Waals surface area contributed by atoms with Crippen LogP contribution < -0.4 is 19.5 Å². The first-order valence-electron chi connectivity index (χ1n) is 7.53. The van der Waals surface area contributed by atoms with Crippen molar-refractivity contribution in [3.05, 3.63) is 52.6 Å². The van der Waals surface area contributed by atoms with Crippen molar-refractivity contribution in [2.75, 3.05) is 26.6 Å². The summed E-state index contributed by atoms with van der Waals surface area (Å²) in [6.45, 7) is 1.92. The summed E-state index contributed by atoms with van der Waals surface area (Å²) in [7, 11) is 4.56. The Hall–Kier alpha value is -2.66. The molecule has 6 heteroatoms. The molecule has 0 aromatic heterocycles. The molecule has 0 saturated carbocycles. The van der Waals surface area contributed by atoms with Gasteiger partial charge in [0.05, 0.1) is 21.3 Å². The Morgan fingerprint density at radius 1 is 1.04 bits per heavy atom. The van der Waals surface area contributed by atoms with Crippen molar-refractivity contribution in [1.82, 2.24) is 0 Å². The lowest BCUT2D eigenvalue weighted by Gasteiger charge is -2.14. The van der Waals surface area contributed by atoms with Gasteiger partial charge in [-0.1, -0.05) is 23.7 Å². The van der Waals surface area contributed by atoms with E-state index in [0.717, 1.165) is 11.1 Å². The standard InChI is InChI=1S/C19H20ClNO4/c1-12-5-6-13(9-15(12)20)7-8-18(22)21-14-10-16(23-2)19(25-4)17(11-14)24-3/h5-11H,1-4H3,(H,21,22)/b8-7+. The van der Waals surface area contributed by atoms with Crippen molar-refractivity contribution in [1.29, 1.82) is 0 Å². The molecule has 0 fully saturated rings. The molecule has 2 rings (SSSR count). The lowest BCUT2D eigenvalue weighted by Crippen LogP contribution is -2.08. The molecule has 25 heavy (non-hydrogen) atoms. The van der Waals surface area contributed by atoms with Crippen LogP contribution >= 0.6 is 11.6 Å². The van der Waals surface area contributed by atoms with Gasteiger partial charge >= 0.3 is 0 Å². The van der Waals surface area contributed by atoms with Crippen LogP contribution in [0, 0.1) is 6.92 Å². The number of ether oxygens (including phenoxy) is 3. The Bertz CT molecular complexity index is 777. The van der Waals surface area contributed by atoms with Crippen molar-refractivity contribution in [2.45, 2.75) is 6.92 Å². The third kappa shape index (κ3) is 4.67. The van der Waals surface area contributed by atoms with E-state index in [4.69, 9.17) is 25.8 Å².